The van der Waals surface area contributed by atoms with Crippen molar-refractivity contribution in [3.63, 3.8) is 0 Å². The lowest BCUT2D eigenvalue weighted by molar-refractivity contribution is -0.136. The summed E-state index contributed by atoms with van der Waals surface area (Å²) in [5.74, 6) is 6.09. The number of hydrogen-bond donors (Lipinski definition) is 2. The molecule has 0 radical (unpaired) electrons. The van der Waals surface area contributed by atoms with Crippen LogP contribution in [0.4, 0.5) is 13.2 Å². The van der Waals surface area contributed by atoms with Crippen molar-refractivity contribution in [2.45, 2.75) is 38.9 Å². The highest BCUT2D eigenvalue weighted by molar-refractivity contribution is 5.42. The topological polar surface area (TPSA) is 47.3 Å². The van der Waals surface area contributed by atoms with E-state index in [2.05, 4.69) is 5.43 Å². The molecule has 0 amide bonds. The van der Waals surface area contributed by atoms with E-state index in [0.717, 1.165) is 16.7 Å². The Hall–Kier alpha value is -1.27. The number of hydrogen-bond acceptors (Lipinski definition) is 3. The fraction of sp³-hybridized carbons (Fsp3) is 0.538. The summed E-state index contributed by atoms with van der Waals surface area (Å²) in [4.78, 5) is 0. The number of aryl methyl sites for hydroxylation is 2. The van der Waals surface area contributed by atoms with Crippen LogP contribution in [0.25, 0.3) is 0 Å². The zero-order chi connectivity index (χ0) is 14.6. The smallest absolute Gasteiger partial charge is 0.389 e. The molecule has 0 aliphatic carbocycles. The second-order valence-corrected chi connectivity index (χ2v) is 4.55. The van der Waals surface area contributed by atoms with Crippen molar-refractivity contribution in [3.8, 4) is 5.75 Å². The summed E-state index contributed by atoms with van der Waals surface area (Å²) in [7, 11) is 1.56. The maximum Gasteiger partial charge on any atom is 0.389 e. The van der Waals surface area contributed by atoms with E-state index >= 15 is 0 Å². The Morgan fingerprint density at radius 1 is 1.26 bits per heavy atom. The summed E-state index contributed by atoms with van der Waals surface area (Å²) in [6, 6.07) is 3.10. The number of ether oxygens (including phenoxy) is 1. The number of nitrogens with one attached hydrogen (secondary N) is 1. The molecule has 0 heterocycles. The Kier molecular flexibility index (Phi) is 5.20. The number of alkyl halides is 3. The molecule has 0 saturated heterocycles. The molecule has 0 aliphatic heterocycles. The van der Waals surface area contributed by atoms with Crippen LogP contribution in [0.1, 0.15) is 35.6 Å². The molecular formula is C13H19F3N2O. The number of rotatable bonds is 5. The van der Waals surface area contributed by atoms with E-state index in [-0.39, 0.29) is 6.42 Å². The lowest BCUT2D eigenvalue weighted by atomic mass is 9.95. The van der Waals surface area contributed by atoms with E-state index in [0.29, 0.717) is 5.75 Å². The molecule has 1 aromatic carbocycles. The molecule has 3 N–H and O–H groups in total. The zero-order valence-electron chi connectivity index (χ0n) is 11.3. The van der Waals surface area contributed by atoms with Crippen LogP contribution < -0.4 is 16.0 Å². The van der Waals surface area contributed by atoms with Crippen molar-refractivity contribution in [2.75, 3.05) is 7.11 Å². The second kappa shape index (κ2) is 6.25. The van der Waals surface area contributed by atoms with E-state index in [1.54, 1.807) is 7.11 Å². The minimum Gasteiger partial charge on any atom is -0.496 e. The van der Waals surface area contributed by atoms with Crippen molar-refractivity contribution < 1.29 is 17.9 Å². The van der Waals surface area contributed by atoms with Crippen LogP contribution in [-0.4, -0.2) is 13.3 Å². The fourth-order valence-electron chi connectivity index (χ4n) is 2.04. The molecule has 3 nitrogen and oxygen atoms in total. The normalized spacial score (nSPS) is 13.4. The highest BCUT2D eigenvalue weighted by Gasteiger charge is 2.29. The summed E-state index contributed by atoms with van der Waals surface area (Å²) < 4.78 is 42.0. The Bertz CT molecular complexity index is 433. The van der Waals surface area contributed by atoms with Crippen molar-refractivity contribution in [1.82, 2.24) is 5.43 Å². The van der Waals surface area contributed by atoms with Crippen LogP contribution in [0, 0.1) is 13.8 Å². The minimum absolute atomic E-state index is 0.0907. The Morgan fingerprint density at radius 2 is 1.89 bits per heavy atom. The largest absolute Gasteiger partial charge is 0.496 e. The first-order valence-corrected chi connectivity index (χ1v) is 5.96. The molecule has 1 atom stereocenters. The molecule has 0 aromatic heterocycles. The van der Waals surface area contributed by atoms with Crippen molar-refractivity contribution in [1.29, 1.82) is 0 Å². The lowest BCUT2D eigenvalue weighted by Gasteiger charge is -2.21. The van der Waals surface area contributed by atoms with Gasteiger partial charge in [-0.2, -0.15) is 13.2 Å². The van der Waals surface area contributed by atoms with Crippen LogP contribution in [0.3, 0.4) is 0 Å². The Labute approximate surface area is 110 Å². The van der Waals surface area contributed by atoms with Crippen LogP contribution in [0.15, 0.2) is 12.1 Å². The van der Waals surface area contributed by atoms with E-state index < -0.39 is 18.6 Å². The molecule has 0 aliphatic rings. The molecule has 19 heavy (non-hydrogen) atoms. The number of benzene rings is 1. The monoisotopic (exact) mass is 276 g/mol. The van der Waals surface area contributed by atoms with Gasteiger partial charge in [-0.05, 0) is 43.0 Å². The molecule has 1 unspecified atom stereocenters. The van der Waals surface area contributed by atoms with Crippen LogP contribution in [0.5, 0.6) is 5.75 Å². The van der Waals surface area contributed by atoms with Gasteiger partial charge in [-0.1, -0.05) is 6.07 Å². The third-order valence-electron chi connectivity index (χ3n) is 3.08. The van der Waals surface area contributed by atoms with Gasteiger partial charge in [-0.15, -0.1) is 0 Å². The first-order valence-electron chi connectivity index (χ1n) is 5.96. The third kappa shape index (κ3) is 4.40. The van der Waals surface area contributed by atoms with E-state index in [1.807, 2.05) is 26.0 Å². The van der Waals surface area contributed by atoms with Crippen molar-refractivity contribution in [2.24, 2.45) is 5.84 Å². The summed E-state index contributed by atoms with van der Waals surface area (Å²) in [5, 5.41) is 0. The molecule has 1 rings (SSSR count). The standard InChI is InChI=1S/C13H19F3N2O/c1-8-7-12(19-3)9(2)6-10(8)11(18-17)4-5-13(14,15)16/h6-7,11,18H,4-5,17H2,1-3H3. The van der Waals surface area contributed by atoms with Gasteiger partial charge in [0.05, 0.1) is 7.11 Å². The van der Waals surface area contributed by atoms with Gasteiger partial charge >= 0.3 is 6.18 Å². The van der Waals surface area contributed by atoms with Gasteiger partial charge < -0.3 is 4.74 Å². The average Bonchev–Trinajstić information content (AvgIpc) is 2.32. The van der Waals surface area contributed by atoms with Gasteiger partial charge in [-0.3, -0.25) is 11.3 Å². The Balaban J connectivity index is 2.95. The van der Waals surface area contributed by atoms with Crippen LogP contribution in [0.2, 0.25) is 0 Å². The first kappa shape index (κ1) is 15.8. The molecule has 108 valence electrons. The predicted molar refractivity (Wildman–Crippen MR) is 67.8 cm³/mol. The maximum absolute atomic E-state index is 12.3. The number of nitrogens with two attached hydrogens (primary N) is 1. The van der Waals surface area contributed by atoms with E-state index in [4.69, 9.17) is 10.6 Å². The molecule has 1 aromatic rings. The summed E-state index contributed by atoms with van der Waals surface area (Å²) in [5.41, 5.74) is 4.95. The zero-order valence-corrected chi connectivity index (χ0v) is 11.3. The molecule has 6 heteroatoms. The third-order valence-corrected chi connectivity index (χ3v) is 3.08. The minimum atomic E-state index is -4.18. The van der Waals surface area contributed by atoms with E-state index in [9.17, 15) is 13.2 Å². The molecular weight excluding hydrogens is 257 g/mol. The van der Waals surface area contributed by atoms with E-state index in [1.165, 1.54) is 0 Å². The summed E-state index contributed by atoms with van der Waals surface area (Å²) in [6.07, 6.45) is -5.14. The van der Waals surface area contributed by atoms with Gasteiger partial charge in [-0.25, -0.2) is 0 Å². The van der Waals surface area contributed by atoms with Gasteiger partial charge in [0.1, 0.15) is 5.75 Å². The molecule has 0 fully saturated rings. The molecule has 0 bridgehead atoms. The summed E-state index contributed by atoms with van der Waals surface area (Å²) >= 11 is 0. The highest BCUT2D eigenvalue weighted by Crippen LogP contribution is 2.31. The quantitative estimate of drug-likeness (QED) is 0.641. The van der Waals surface area contributed by atoms with Gasteiger partial charge in [0.15, 0.2) is 0 Å². The number of hydrazine groups is 1. The molecule has 0 spiro atoms. The molecule has 0 saturated carbocycles. The Morgan fingerprint density at radius 3 is 2.37 bits per heavy atom. The lowest BCUT2D eigenvalue weighted by Crippen LogP contribution is -2.29. The van der Waals surface area contributed by atoms with Gasteiger partial charge in [0, 0.05) is 12.5 Å². The second-order valence-electron chi connectivity index (χ2n) is 4.55. The first-order chi connectivity index (χ1) is 8.78. The average molecular weight is 276 g/mol. The number of methoxy groups -OCH3 is 1. The summed E-state index contributed by atoms with van der Waals surface area (Å²) in [6.45, 7) is 3.67. The predicted octanol–water partition coefficient (Wildman–Crippen LogP) is 3.16. The SMILES string of the molecule is COc1cc(C)c(C(CCC(F)(F)F)NN)cc1C. The van der Waals surface area contributed by atoms with Crippen LogP contribution >= 0.6 is 0 Å². The maximum atomic E-state index is 12.3. The van der Waals surface area contributed by atoms with Crippen molar-refractivity contribution >= 4 is 0 Å². The van der Waals surface area contributed by atoms with Crippen LogP contribution in [-0.2, 0) is 0 Å². The highest BCUT2D eigenvalue weighted by atomic mass is 19.4. The van der Waals surface area contributed by atoms with Gasteiger partial charge in [0.2, 0.25) is 0 Å². The van der Waals surface area contributed by atoms with Gasteiger partial charge in [0.25, 0.3) is 0 Å². The van der Waals surface area contributed by atoms with Crippen molar-refractivity contribution in [3.05, 3.63) is 28.8 Å². The number of halogens is 3. The fourth-order valence-corrected chi connectivity index (χ4v) is 2.04.